The number of carbonyl (C=O) groups is 1. The van der Waals surface area contributed by atoms with Crippen LogP contribution in [-0.2, 0) is 17.6 Å². The number of rotatable bonds is 3. The summed E-state index contributed by atoms with van der Waals surface area (Å²) in [5, 5.41) is 16.2. The van der Waals surface area contributed by atoms with Gasteiger partial charge in [0.2, 0.25) is 11.8 Å². The average Bonchev–Trinajstić information content (AvgIpc) is 3.04. The highest BCUT2D eigenvalue weighted by Crippen LogP contribution is 2.27. The first-order chi connectivity index (χ1) is 9.22. The van der Waals surface area contributed by atoms with Crippen molar-refractivity contribution in [1.29, 1.82) is 0 Å². The topological polar surface area (TPSA) is 76.2 Å². The third-order valence-electron chi connectivity index (χ3n) is 3.15. The molecule has 0 aliphatic heterocycles. The van der Waals surface area contributed by atoms with Gasteiger partial charge in [-0.05, 0) is 42.5 Å². The van der Waals surface area contributed by atoms with Gasteiger partial charge >= 0.3 is 5.97 Å². The van der Waals surface area contributed by atoms with Gasteiger partial charge in [0.1, 0.15) is 0 Å². The number of hydrogen-bond acceptors (Lipinski definition) is 4. The van der Waals surface area contributed by atoms with Gasteiger partial charge in [-0.15, -0.1) is 10.2 Å². The molecule has 1 aliphatic rings. The SMILES string of the molecule is O=C(O)/C=C/c1nnc(-c2ccc3c(c2)CCC3)o1. The summed E-state index contributed by atoms with van der Waals surface area (Å²) in [5.41, 5.74) is 3.59. The zero-order valence-electron chi connectivity index (χ0n) is 10.2. The second-order valence-electron chi connectivity index (χ2n) is 4.45. The Morgan fingerprint density at radius 3 is 2.95 bits per heavy atom. The van der Waals surface area contributed by atoms with E-state index in [1.807, 2.05) is 6.07 Å². The molecule has 0 fully saturated rings. The fourth-order valence-corrected chi connectivity index (χ4v) is 2.27. The number of aromatic nitrogens is 2. The van der Waals surface area contributed by atoms with Crippen molar-refractivity contribution in [2.24, 2.45) is 0 Å². The summed E-state index contributed by atoms with van der Waals surface area (Å²) in [6, 6.07) is 6.12. The molecule has 0 spiro atoms. The van der Waals surface area contributed by atoms with Crippen LogP contribution in [0.2, 0.25) is 0 Å². The van der Waals surface area contributed by atoms with E-state index in [-0.39, 0.29) is 5.89 Å². The second kappa shape index (κ2) is 4.68. The Kier molecular flexibility index (Phi) is 2.87. The van der Waals surface area contributed by atoms with Crippen LogP contribution in [-0.4, -0.2) is 21.3 Å². The van der Waals surface area contributed by atoms with Crippen molar-refractivity contribution in [2.75, 3.05) is 0 Å². The van der Waals surface area contributed by atoms with Crippen LogP contribution in [0, 0.1) is 0 Å². The van der Waals surface area contributed by atoms with Crippen LogP contribution in [0.25, 0.3) is 17.5 Å². The zero-order valence-corrected chi connectivity index (χ0v) is 10.2. The maximum atomic E-state index is 10.4. The van der Waals surface area contributed by atoms with Crippen LogP contribution >= 0.6 is 0 Å². The van der Waals surface area contributed by atoms with Crippen molar-refractivity contribution in [3.63, 3.8) is 0 Å². The van der Waals surface area contributed by atoms with Crippen LogP contribution in [0.15, 0.2) is 28.7 Å². The van der Waals surface area contributed by atoms with Gasteiger partial charge in [-0.1, -0.05) is 6.07 Å². The van der Waals surface area contributed by atoms with Crippen molar-refractivity contribution in [3.8, 4) is 11.5 Å². The summed E-state index contributed by atoms with van der Waals surface area (Å²) in [6.07, 6.45) is 5.66. The quantitative estimate of drug-likeness (QED) is 0.853. The molecule has 1 N–H and O–H groups in total. The summed E-state index contributed by atoms with van der Waals surface area (Å²) in [5.74, 6) is -0.435. The normalized spacial score (nSPS) is 13.9. The van der Waals surface area contributed by atoms with E-state index < -0.39 is 5.97 Å². The molecule has 0 saturated carbocycles. The molecule has 5 nitrogen and oxygen atoms in total. The van der Waals surface area contributed by atoms with Crippen LogP contribution in [0.5, 0.6) is 0 Å². The molecular formula is C14H12N2O3. The maximum Gasteiger partial charge on any atom is 0.328 e. The van der Waals surface area contributed by atoms with Gasteiger partial charge in [-0.2, -0.15) is 0 Å². The third kappa shape index (κ3) is 2.40. The average molecular weight is 256 g/mol. The van der Waals surface area contributed by atoms with E-state index in [1.54, 1.807) is 0 Å². The molecule has 0 radical (unpaired) electrons. The van der Waals surface area contributed by atoms with Crippen molar-refractivity contribution < 1.29 is 14.3 Å². The van der Waals surface area contributed by atoms with E-state index in [9.17, 15) is 4.79 Å². The number of hydrogen-bond donors (Lipinski definition) is 1. The van der Waals surface area contributed by atoms with Crippen molar-refractivity contribution in [2.45, 2.75) is 19.3 Å². The molecule has 0 bridgehead atoms. The lowest BCUT2D eigenvalue weighted by atomic mass is 10.1. The Morgan fingerprint density at radius 1 is 1.26 bits per heavy atom. The van der Waals surface area contributed by atoms with Crippen LogP contribution in [0.1, 0.15) is 23.4 Å². The molecule has 2 aromatic rings. The minimum absolute atomic E-state index is 0.192. The molecule has 1 aromatic carbocycles. The van der Waals surface area contributed by atoms with Crippen LogP contribution < -0.4 is 0 Å². The molecule has 0 atom stereocenters. The summed E-state index contributed by atoms with van der Waals surface area (Å²) < 4.78 is 5.41. The van der Waals surface area contributed by atoms with E-state index in [0.717, 1.165) is 24.5 Å². The van der Waals surface area contributed by atoms with E-state index in [1.165, 1.54) is 23.6 Å². The Morgan fingerprint density at radius 2 is 2.11 bits per heavy atom. The Balaban J connectivity index is 1.88. The first kappa shape index (κ1) is 11.6. The molecule has 5 heteroatoms. The highest BCUT2D eigenvalue weighted by atomic mass is 16.4. The predicted octanol–water partition coefficient (Wildman–Crippen LogP) is 2.32. The van der Waals surface area contributed by atoms with Gasteiger partial charge in [0.25, 0.3) is 0 Å². The standard InChI is InChI=1S/C14H12N2O3/c17-13(18)7-6-12-15-16-14(19-12)11-5-4-9-2-1-3-10(9)8-11/h4-8H,1-3H2,(H,17,18)/b7-6+. The third-order valence-corrected chi connectivity index (χ3v) is 3.15. The molecule has 96 valence electrons. The smallest absolute Gasteiger partial charge is 0.328 e. The molecule has 3 rings (SSSR count). The molecule has 0 amide bonds. The molecule has 1 aliphatic carbocycles. The van der Waals surface area contributed by atoms with Crippen molar-refractivity contribution >= 4 is 12.0 Å². The number of fused-ring (bicyclic) bond motifs is 1. The van der Waals surface area contributed by atoms with Crippen LogP contribution in [0.4, 0.5) is 0 Å². The number of carboxylic acids is 1. The first-order valence-electron chi connectivity index (χ1n) is 6.09. The molecular weight excluding hydrogens is 244 g/mol. The highest BCUT2D eigenvalue weighted by molar-refractivity contribution is 5.84. The second-order valence-corrected chi connectivity index (χ2v) is 4.45. The molecule has 1 aromatic heterocycles. The number of aliphatic carboxylic acids is 1. The van der Waals surface area contributed by atoms with Crippen molar-refractivity contribution in [3.05, 3.63) is 41.3 Å². The zero-order chi connectivity index (χ0) is 13.2. The van der Waals surface area contributed by atoms with Gasteiger partial charge < -0.3 is 9.52 Å². The van der Waals surface area contributed by atoms with E-state index in [0.29, 0.717) is 5.89 Å². The predicted molar refractivity (Wildman–Crippen MR) is 68.4 cm³/mol. The lowest BCUT2D eigenvalue weighted by Crippen LogP contribution is -1.85. The van der Waals surface area contributed by atoms with E-state index in [4.69, 9.17) is 9.52 Å². The largest absolute Gasteiger partial charge is 0.478 e. The van der Waals surface area contributed by atoms with Gasteiger partial charge in [-0.3, -0.25) is 0 Å². The number of aryl methyl sites for hydroxylation is 2. The summed E-state index contributed by atoms with van der Waals surface area (Å²) in [7, 11) is 0. The number of carboxylic acid groups (broad SMARTS) is 1. The maximum absolute atomic E-state index is 10.4. The minimum Gasteiger partial charge on any atom is -0.478 e. The fraction of sp³-hybridized carbons (Fsp3) is 0.214. The Labute approximate surface area is 109 Å². The lowest BCUT2D eigenvalue weighted by Gasteiger charge is -2.00. The van der Waals surface area contributed by atoms with Gasteiger partial charge in [0, 0.05) is 17.7 Å². The minimum atomic E-state index is -1.04. The Bertz CT molecular complexity index is 658. The molecule has 0 saturated heterocycles. The van der Waals surface area contributed by atoms with Gasteiger partial charge in [-0.25, -0.2) is 4.79 Å². The highest BCUT2D eigenvalue weighted by Gasteiger charge is 2.14. The Hall–Kier alpha value is -2.43. The van der Waals surface area contributed by atoms with Crippen LogP contribution in [0.3, 0.4) is 0 Å². The summed E-state index contributed by atoms with van der Waals surface area (Å²) >= 11 is 0. The van der Waals surface area contributed by atoms with Gasteiger partial charge in [0.15, 0.2) is 0 Å². The molecule has 1 heterocycles. The van der Waals surface area contributed by atoms with E-state index in [2.05, 4.69) is 22.3 Å². The lowest BCUT2D eigenvalue weighted by molar-refractivity contribution is -0.131. The number of benzene rings is 1. The van der Waals surface area contributed by atoms with Gasteiger partial charge in [0.05, 0.1) is 0 Å². The van der Waals surface area contributed by atoms with E-state index >= 15 is 0 Å². The fourth-order valence-electron chi connectivity index (χ4n) is 2.27. The molecule has 19 heavy (non-hydrogen) atoms. The summed E-state index contributed by atoms with van der Waals surface area (Å²) in [6.45, 7) is 0. The monoisotopic (exact) mass is 256 g/mol. The van der Waals surface area contributed by atoms with Crippen molar-refractivity contribution in [1.82, 2.24) is 10.2 Å². The number of nitrogens with zero attached hydrogens (tertiary/aromatic N) is 2. The summed E-state index contributed by atoms with van der Waals surface area (Å²) in [4.78, 5) is 10.4. The molecule has 0 unspecified atom stereocenters. The first-order valence-corrected chi connectivity index (χ1v) is 6.09.